The number of carbonyl (C=O) groups excluding carboxylic acids is 2. The molecule has 2 aromatic rings. The minimum Gasteiger partial charge on any atom is -0.348 e. The molecule has 1 aliphatic rings. The van der Waals surface area contributed by atoms with Gasteiger partial charge in [-0.1, -0.05) is 36.4 Å². The largest absolute Gasteiger partial charge is 0.348 e. The number of likely N-dealkylation sites (N-methyl/N-ethyl adjacent to an activating group) is 1. The topological polar surface area (TPSA) is 66.6 Å². The van der Waals surface area contributed by atoms with Crippen molar-refractivity contribution in [2.24, 2.45) is 5.73 Å². The number of halogens is 2. The predicted octanol–water partition coefficient (Wildman–Crippen LogP) is 2.56. The molecule has 2 aromatic carbocycles. The molecule has 0 spiro atoms. The van der Waals surface area contributed by atoms with Gasteiger partial charge in [-0.25, -0.2) is 8.78 Å². The number of hydrogen-bond acceptors (Lipinski definition) is 3. The van der Waals surface area contributed by atoms with Crippen LogP contribution >= 0.6 is 0 Å². The molecule has 0 bridgehead atoms. The van der Waals surface area contributed by atoms with Gasteiger partial charge >= 0.3 is 0 Å². The summed E-state index contributed by atoms with van der Waals surface area (Å²) in [6.07, 6.45) is -0.763. The molecule has 0 aromatic heterocycles. The Hall–Kier alpha value is -2.80. The summed E-state index contributed by atoms with van der Waals surface area (Å²) in [7, 11) is 3.21. The number of likely N-dealkylation sites (tertiary alicyclic amines) is 1. The van der Waals surface area contributed by atoms with Gasteiger partial charge in [0.2, 0.25) is 11.8 Å². The van der Waals surface area contributed by atoms with E-state index >= 15 is 0 Å². The van der Waals surface area contributed by atoms with Crippen molar-refractivity contribution >= 4 is 11.8 Å². The van der Waals surface area contributed by atoms with Gasteiger partial charge in [-0.15, -0.1) is 0 Å². The summed E-state index contributed by atoms with van der Waals surface area (Å²) < 4.78 is 26.6. The van der Waals surface area contributed by atoms with Gasteiger partial charge in [0.15, 0.2) is 0 Å². The van der Waals surface area contributed by atoms with Gasteiger partial charge < -0.3 is 15.5 Å². The third kappa shape index (κ3) is 4.62. The monoisotopic (exact) mass is 401 g/mol. The first-order valence-electron chi connectivity index (χ1n) is 9.53. The zero-order chi connectivity index (χ0) is 21.1. The number of nitrogens with two attached hydrogens (primary N) is 1. The van der Waals surface area contributed by atoms with Gasteiger partial charge in [0.25, 0.3) is 0 Å². The highest BCUT2D eigenvalue weighted by Gasteiger charge is 2.37. The molecule has 0 saturated carbocycles. The van der Waals surface area contributed by atoms with Crippen LogP contribution in [-0.4, -0.2) is 61.0 Å². The summed E-state index contributed by atoms with van der Waals surface area (Å²) in [5.74, 6) is -1.91. The Morgan fingerprint density at radius 2 is 1.62 bits per heavy atom. The predicted molar refractivity (Wildman–Crippen MR) is 107 cm³/mol. The zero-order valence-electron chi connectivity index (χ0n) is 16.5. The van der Waals surface area contributed by atoms with E-state index in [1.807, 2.05) is 12.1 Å². The maximum atomic E-state index is 13.5. The average Bonchev–Trinajstić information content (AvgIpc) is 3.15. The second-order valence-electron chi connectivity index (χ2n) is 7.54. The summed E-state index contributed by atoms with van der Waals surface area (Å²) in [5, 5.41) is 0. The number of alkyl halides is 1. The molecule has 3 atom stereocenters. The first-order chi connectivity index (χ1) is 13.8. The lowest BCUT2D eigenvalue weighted by Gasteiger charge is -2.28. The Labute approximate surface area is 169 Å². The van der Waals surface area contributed by atoms with E-state index in [0.717, 1.165) is 11.1 Å². The molecule has 1 saturated heterocycles. The molecule has 2 N–H and O–H groups in total. The number of rotatable bonds is 5. The third-order valence-electron chi connectivity index (χ3n) is 5.24. The van der Waals surface area contributed by atoms with Crippen molar-refractivity contribution in [3.63, 3.8) is 0 Å². The number of amides is 2. The molecule has 154 valence electrons. The van der Waals surface area contributed by atoms with E-state index in [1.165, 1.54) is 21.9 Å². The molecule has 5 nitrogen and oxygen atoms in total. The van der Waals surface area contributed by atoms with E-state index in [2.05, 4.69) is 0 Å². The standard InChI is InChI=1S/C22H25F2N3O2/c1-26(2)21(28)19(20(25)22(29)27-12-11-18(24)13-27)16-5-3-14(4-6-16)15-7-9-17(23)10-8-15/h3-10,18-20H,11-13,25H2,1-2H3/t18-,19?,20-/m0/s1. The summed E-state index contributed by atoms with van der Waals surface area (Å²) >= 11 is 0. The maximum absolute atomic E-state index is 13.5. The molecule has 3 rings (SSSR count). The summed E-state index contributed by atoms with van der Waals surface area (Å²) in [5.41, 5.74) is 8.51. The third-order valence-corrected chi connectivity index (χ3v) is 5.24. The zero-order valence-corrected chi connectivity index (χ0v) is 16.5. The van der Waals surface area contributed by atoms with Crippen LogP contribution < -0.4 is 5.73 Å². The molecular weight excluding hydrogens is 376 g/mol. The smallest absolute Gasteiger partial charge is 0.240 e. The lowest BCUT2D eigenvalue weighted by Crippen LogP contribution is -2.50. The number of nitrogens with zero attached hydrogens (tertiary/aromatic N) is 2. The molecule has 2 amide bonds. The van der Waals surface area contributed by atoms with Crippen LogP contribution in [0.4, 0.5) is 8.78 Å². The van der Waals surface area contributed by atoms with Gasteiger partial charge in [-0.2, -0.15) is 0 Å². The Kier molecular flexibility index (Phi) is 6.27. The van der Waals surface area contributed by atoms with Crippen molar-refractivity contribution in [2.45, 2.75) is 24.6 Å². The molecule has 1 heterocycles. The van der Waals surface area contributed by atoms with Crippen molar-refractivity contribution in [1.29, 1.82) is 0 Å². The Balaban J connectivity index is 1.87. The number of carbonyl (C=O) groups is 2. The van der Waals surface area contributed by atoms with E-state index in [9.17, 15) is 18.4 Å². The Bertz CT molecular complexity index is 869. The molecule has 29 heavy (non-hydrogen) atoms. The van der Waals surface area contributed by atoms with Gasteiger partial charge in [-0.3, -0.25) is 9.59 Å². The quantitative estimate of drug-likeness (QED) is 0.837. The van der Waals surface area contributed by atoms with Gasteiger partial charge in [-0.05, 0) is 35.2 Å². The van der Waals surface area contributed by atoms with Crippen LogP contribution in [0.25, 0.3) is 11.1 Å². The summed E-state index contributed by atoms with van der Waals surface area (Å²) in [4.78, 5) is 28.4. The van der Waals surface area contributed by atoms with Crippen molar-refractivity contribution in [3.8, 4) is 11.1 Å². The van der Waals surface area contributed by atoms with Crippen molar-refractivity contribution in [1.82, 2.24) is 9.80 Å². The molecule has 1 unspecified atom stereocenters. The Morgan fingerprint density at radius 1 is 1.07 bits per heavy atom. The van der Waals surface area contributed by atoms with E-state index < -0.39 is 24.0 Å². The highest BCUT2D eigenvalue weighted by molar-refractivity contribution is 5.93. The molecule has 1 aliphatic heterocycles. The molecular formula is C22H25F2N3O2. The fourth-order valence-electron chi connectivity index (χ4n) is 3.58. The van der Waals surface area contributed by atoms with Crippen LogP contribution in [0.3, 0.4) is 0 Å². The lowest BCUT2D eigenvalue weighted by atomic mass is 9.88. The van der Waals surface area contributed by atoms with Gasteiger partial charge in [0.1, 0.15) is 18.0 Å². The second kappa shape index (κ2) is 8.69. The maximum Gasteiger partial charge on any atom is 0.240 e. The first kappa shape index (κ1) is 20.9. The van der Waals surface area contributed by atoms with Crippen LogP contribution in [0.2, 0.25) is 0 Å². The second-order valence-corrected chi connectivity index (χ2v) is 7.54. The number of hydrogen-bond donors (Lipinski definition) is 1. The van der Waals surface area contributed by atoms with E-state index in [4.69, 9.17) is 5.73 Å². The van der Waals surface area contributed by atoms with Crippen LogP contribution in [0.1, 0.15) is 17.9 Å². The van der Waals surface area contributed by atoms with E-state index in [-0.39, 0.29) is 24.7 Å². The van der Waals surface area contributed by atoms with Crippen molar-refractivity contribution in [3.05, 3.63) is 59.9 Å². The van der Waals surface area contributed by atoms with E-state index in [1.54, 1.807) is 38.4 Å². The summed E-state index contributed by atoms with van der Waals surface area (Å²) in [6, 6.07) is 12.1. The SMILES string of the molecule is CN(C)C(=O)C(c1ccc(-c2ccc(F)cc2)cc1)[C@H](N)C(=O)N1CC[C@H](F)C1. The highest BCUT2D eigenvalue weighted by atomic mass is 19.1. The molecule has 1 fully saturated rings. The van der Waals surface area contributed by atoms with Crippen molar-refractivity contribution in [2.75, 3.05) is 27.2 Å². The van der Waals surface area contributed by atoms with Gasteiger partial charge in [0.05, 0.1) is 12.5 Å². The minimum absolute atomic E-state index is 0.0128. The lowest BCUT2D eigenvalue weighted by molar-refractivity contribution is -0.138. The molecule has 0 aliphatic carbocycles. The molecule has 7 heteroatoms. The van der Waals surface area contributed by atoms with Crippen LogP contribution in [-0.2, 0) is 9.59 Å². The minimum atomic E-state index is -1.10. The first-order valence-corrected chi connectivity index (χ1v) is 9.53. The van der Waals surface area contributed by atoms with E-state index in [0.29, 0.717) is 12.1 Å². The van der Waals surface area contributed by atoms with Crippen LogP contribution in [0.5, 0.6) is 0 Å². The van der Waals surface area contributed by atoms with Crippen LogP contribution in [0.15, 0.2) is 48.5 Å². The van der Waals surface area contributed by atoms with Crippen LogP contribution in [0, 0.1) is 5.82 Å². The fourth-order valence-corrected chi connectivity index (χ4v) is 3.58. The van der Waals surface area contributed by atoms with Gasteiger partial charge in [0, 0.05) is 20.6 Å². The molecule has 0 radical (unpaired) electrons. The fraction of sp³-hybridized carbons (Fsp3) is 0.364. The van der Waals surface area contributed by atoms with Crippen molar-refractivity contribution < 1.29 is 18.4 Å². The average molecular weight is 401 g/mol. The number of benzene rings is 2. The Morgan fingerprint density at radius 3 is 2.10 bits per heavy atom. The summed E-state index contributed by atoms with van der Waals surface area (Å²) in [6.45, 7) is 0.318. The highest BCUT2D eigenvalue weighted by Crippen LogP contribution is 2.27. The normalized spacial score (nSPS) is 18.4.